The molecule has 0 atom stereocenters. The highest BCUT2D eigenvalue weighted by Gasteiger charge is 1.79. The Morgan fingerprint density at radius 2 is 2.44 bits per heavy atom. The van der Waals surface area contributed by atoms with Gasteiger partial charge in [-0.05, 0) is 12.8 Å². The SMILES string of the molecule is B/C(=C/C=C\N=C)CF. The highest BCUT2D eigenvalue weighted by Crippen LogP contribution is 1.88. The summed E-state index contributed by atoms with van der Waals surface area (Å²) < 4.78 is 11.7. The second-order valence-corrected chi connectivity index (χ2v) is 1.67. The summed E-state index contributed by atoms with van der Waals surface area (Å²) in [7, 11) is 1.72. The van der Waals surface area contributed by atoms with Crippen LogP contribution in [0.3, 0.4) is 0 Å². The van der Waals surface area contributed by atoms with Gasteiger partial charge < -0.3 is 0 Å². The molecule has 0 rings (SSSR count). The normalized spacial score (nSPS) is 12.3. The molecule has 0 aromatic carbocycles. The van der Waals surface area contributed by atoms with E-state index >= 15 is 0 Å². The van der Waals surface area contributed by atoms with Crippen molar-refractivity contribution in [1.82, 2.24) is 0 Å². The van der Waals surface area contributed by atoms with Crippen LogP contribution in [0.4, 0.5) is 4.39 Å². The van der Waals surface area contributed by atoms with E-state index in [9.17, 15) is 4.39 Å². The minimum absolute atomic E-state index is 0.401. The van der Waals surface area contributed by atoms with Crippen LogP contribution in [-0.4, -0.2) is 21.2 Å². The second-order valence-electron chi connectivity index (χ2n) is 1.67. The molecule has 0 amide bonds. The summed E-state index contributed by atoms with van der Waals surface area (Å²) in [5.74, 6) is 0. The quantitative estimate of drug-likeness (QED) is 0.299. The summed E-state index contributed by atoms with van der Waals surface area (Å²) in [6.07, 6.45) is 4.83. The van der Waals surface area contributed by atoms with Gasteiger partial charge in [0, 0.05) is 6.20 Å². The van der Waals surface area contributed by atoms with Crippen LogP contribution in [0, 0.1) is 0 Å². The molecule has 0 heterocycles. The number of allylic oxidation sites excluding steroid dienone is 3. The van der Waals surface area contributed by atoms with Crippen LogP contribution < -0.4 is 0 Å². The van der Waals surface area contributed by atoms with Gasteiger partial charge >= 0.3 is 0 Å². The molecule has 0 fully saturated rings. The van der Waals surface area contributed by atoms with Gasteiger partial charge in [-0.1, -0.05) is 11.5 Å². The van der Waals surface area contributed by atoms with Crippen LogP contribution in [0.15, 0.2) is 28.8 Å². The second kappa shape index (κ2) is 5.28. The first kappa shape index (κ1) is 8.14. The number of rotatable bonds is 3. The third-order valence-corrected chi connectivity index (χ3v) is 0.783. The van der Waals surface area contributed by atoms with Crippen molar-refractivity contribution in [2.24, 2.45) is 4.99 Å². The van der Waals surface area contributed by atoms with Gasteiger partial charge in [-0.2, -0.15) is 0 Å². The van der Waals surface area contributed by atoms with Crippen molar-refractivity contribution >= 4 is 14.6 Å². The van der Waals surface area contributed by atoms with E-state index in [-0.39, 0.29) is 0 Å². The fraction of sp³-hybridized carbons (Fsp3) is 0.167. The predicted molar refractivity (Wildman–Crippen MR) is 41.3 cm³/mol. The number of alkyl halides is 1. The van der Waals surface area contributed by atoms with Crippen LogP contribution in [0.25, 0.3) is 0 Å². The van der Waals surface area contributed by atoms with Gasteiger partial charge in [-0.25, -0.2) is 4.39 Å². The summed E-state index contributed by atoms with van der Waals surface area (Å²) in [4.78, 5) is 3.44. The Balaban J connectivity index is 3.67. The minimum Gasteiger partial charge on any atom is -0.273 e. The van der Waals surface area contributed by atoms with Crippen molar-refractivity contribution in [2.75, 3.05) is 6.67 Å². The molecular weight excluding hydrogens is 116 g/mol. The number of hydrogen-bond acceptors (Lipinski definition) is 1. The smallest absolute Gasteiger partial charge is 0.137 e. The van der Waals surface area contributed by atoms with E-state index in [1.54, 1.807) is 20.0 Å². The van der Waals surface area contributed by atoms with Gasteiger partial charge in [-0.3, -0.25) is 4.99 Å². The summed E-state index contributed by atoms with van der Waals surface area (Å²) in [6.45, 7) is 2.82. The first-order valence-electron chi connectivity index (χ1n) is 2.65. The molecule has 9 heavy (non-hydrogen) atoms. The monoisotopic (exact) mass is 125 g/mol. The number of nitrogens with zero attached hydrogens (tertiary/aromatic N) is 1. The van der Waals surface area contributed by atoms with Gasteiger partial charge in [0.15, 0.2) is 0 Å². The highest BCUT2D eigenvalue weighted by atomic mass is 19.1. The van der Waals surface area contributed by atoms with Gasteiger partial charge in [0.2, 0.25) is 0 Å². The summed E-state index contributed by atoms with van der Waals surface area (Å²) in [5.41, 5.74) is 0.690. The molecule has 0 N–H and O–H groups in total. The third-order valence-electron chi connectivity index (χ3n) is 0.783. The molecule has 0 saturated carbocycles. The van der Waals surface area contributed by atoms with Crippen molar-refractivity contribution in [3.63, 3.8) is 0 Å². The maximum atomic E-state index is 11.7. The zero-order valence-corrected chi connectivity index (χ0v) is 5.47. The van der Waals surface area contributed by atoms with Crippen LogP contribution in [-0.2, 0) is 0 Å². The van der Waals surface area contributed by atoms with Crippen molar-refractivity contribution in [3.8, 4) is 0 Å². The third kappa shape index (κ3) is 5.01. The van der Waals surface area contributed by atoms with E-state index in [1.165, 1.54) is 6.20 Å². The summed E-state index contributed by atoms with van der Waals surface area (Å²) >= 11 is 0. The molecule has 1 nitrogen and oxygen atoms in total. The first-order valence-corrected chi connectivity index (χ1v) is 2.65. The van der Waals surface area contributed by atoms with Gasteiger partial charge in [0.25, 0.3) is 0 Å². The standard InChI is InChI=1S/C6H9BFN/c1-9-4-2-3-6(7)5-8/h2-4H,1,5,7H2/b4-2-,6-3+. The zero-order valence-electron chi connectivity index (χ0n) is 5.47. The molecule has 0 spiro atoms. The van der Waals surface area contributed by atoms with E-state index in [4.69, 9.17) is 0 Å². The molecule has 3 heteroatoms. The number of halogens is 1. The fourth-order valence-electron chi connectivity index (χ4n) is 0.313. The topological polar surface area (TPSA) is 12.4 Å². The molecule has 0 aliphatic carbocycles. The molecule has 0 saturated heterocycles. The van der Waals surface area contributed by atoms with Crippen LogP contribution in [0.1, 0.15) is 0 Å². The molecule has 0 radical (unpaired) electrons. The Morgan fingerprint density at radius 1 is 1.78 bits per heavy atom. The van der Waals surface area contributed by atoms with Crippen LogP contribution >= 0.6 is 0 Å². The Morgan fingerprint density at radius 3 is 2.89 bits per heavy atom. The zero-order chi connectivity index (χ0) is 7.11. The van der Waals surface area contributed by atoms with E-state index in [0.717, 1.165) is 0 Å². The maximum Gasteiger partial charge on any atom is 0.137 e. The lowest BCUT2D eigenvalue weighted by Gasteiger charge is -1.84. The van der Waals surface area contributed by atoms with Crippen molar-refractivity contribution < 1.29 is 4.39 Å². The van der Waals surface area contributed by atoms with Gasteiger partial charge in [-0.15, -0.1) is 0 Å². The lowest BCUT2D eigenvalue weighted by molar-refractivity contribution is 0.555. The first-order chi connectivity index (χ1) is 4.31. The highest BCUT2D eigenvalue weighted by molar-refractivity contribution is 6.21. The Labute approximate surface area is 55.4 Å². The van der Waals surface area contributed by atoms with Crippen molar-refractivity contribution in [1.29, 1.82) is 0 Å². The average molecular weight is 125 g/mol. The van der Waals surface area contributed by atoms with Crippen LogP contribution in [0.2, 0.25) is 0 Å². The Kier molecular flexibility index (Phi) is 4.78. The Hall–Kier alpha value is -0.855. The van der Waals surface area contributed by atoms with E-state index < -0.39 is 6.67 Å². The lowest BCUT2D eigenvalue weighted by atomic mass is 9.97. The summed E-state index contributed by atoms with van der Waals surface area (Å²) in [6, 6.07) is 0. The van der Waals surface area contributed by atoms with E-state index in [0.29, 0.717) is 5.47 Å². The lowest BCUT2D eigenvalue weighted by Crippen LogP contribution is -1.80. The molecule has 0 aromatic heterocycles. The fourth-order valence-corrected chi connectivity index (χ4v) is 0.313. The van der Waals surface area contributed by atoms with Crippen molar-refractivity contribution in [3.05, 3.63) is 23.8 Å². The van der Waals surface area contributed by atoms with Gasteiger partial charge in [0.1, 0.15) is 14.5 Å². The molecule has 0 unspecified atom stereocenters. The maximum absolute atomic E-state index is 11.7. The predicted octanol–water partition coefficient (Wildman–Crippen LogP) is 0.687. The molecular formula is C6H9BFN. The molecule has 0 aliphatic heterocycles. The number of hydrogen-bond donors (Lipinski definition) is 0. The minimum atomic E-state index is -0.401. The van der Waals surface area contributed by atoms with Gasteiger partial charge in [0.05, 0.1) is 0 Å². The Bertz CT molecular complexity index is 140. The number of aliphatic imine (C=N–C) groups is 1. The summed E-state index contributed by atoms with van der Waals surface area (Å²) in [5, 5.41) is 0. The molecule has 0 aliphatic rings. The largest absolute Gasteiger partial charge is 0.273 e. The van der Waals surface area contributed by atoms with Crippen LogP contribution in [0.5, 0.6) is 0 Å². The molecule has 0 bridgehead atoms. The molecule has 0 aromatic rings. The van der Waals surface area contributed by atoms with E-state index in [1.807, 2.05) is 0 Å². The average Bonchev–Trinajstić information content (AvgIpc) is 1.89. The molecule has 48 valence electrons. The van der Waals surface area contributed by atoms with Crippen molar-refractivity contribution in [2.45, 2.75) is 0 Å². The van der Waals surface area contributed by atoms with E-state index in [2.05, 4.69) is 11.7 Å².